The molecule has 5 nitrogen and oxygen atoms in total. The van der Waals surface area contributed by atoms with E-state index in [2.05, 4.69) is 21.2 Å². The quantitative estimate of drug-likeness (QED) is 0.277. The number of hydrogen-bond acceptors (Lipinski definition) is 4. The lowest BCUT2D eigenvalue weighted by atomic mass is 9.64. The Labute approximate surface area is 238 Å². The van der Waals surface area contributed by atoms with Crippen molar-refractivity contribution in [2.45, 2.75) is 17.5 Å². The van der Waals surface area contributed by atoms with Gasteiger partial charge in [-0.2, -0.15) is 0 Å². The van der Waals surface area contributed by atoms with E-state index in [1.165, 1.54) is 24.3 Å². The third-order valence-corrected chi connectivity index (χ3v) is 8.88. The zero-order valence-electron chi connectivity index (χ0n) is 21.1. The van der Waals surface area contributed by atoms with Crippen molar-refractivity contribution in [1.29, 1.82) is 0 Å². The van der Waals surface area contributed by atoms with Crippen molar-refractivity contribution in [2.24, 2.45) is 5.92 Å². The van der Waals surface area contributed by atoms with E-state index < -0.39 is 29.2 Å². The third kappa shape index (κ3) is 3.40. The molecule has 1 amide bonds. The second kappa shape index (κ2) is 9.10. The minimum atomic E-state index is -1.38. The molecule has 0 aliphatic carbocycles. The topological polar surface area (TPSA) is 66.5 Å². The molecule has 0 saturated carbocycles. The van der Waals surface area contributed by atoms with Gasteiger partial charge in [0.15, 0.2) is 11.6 Å². The Morgan fingerprint density at radius 1 is 0.825 bits per heavy atom. The van der Waals surface area contributed by atoms with Gasteiger partial charge in [-0.05, 0) is 59.7 Å². The number of hydrogen-bond donors (Lipinski definition) is 1. The lowest BCUT2D eigenvalue weighted by Gasteiger charge is -2.37. The van der Waals surface area contributed by atoms with Crippen LogP contribution in [0.1, 0.15) is 31.8 Å². The normalized spacial score (nSPS) is 23.9. The molecule has 0 aromatic heterocycles. The Hall–Kier alpha value is -4.36. The summed E-state index contributed by atoms with van der Waals surface area (Å²) in [7, 11) is 0. The standard InChI is InChI=1S/C33H22BrFN2O3/c34-22-14-9-20(10-15-22)30(38)28-29(31(39)21-11-16-23(35)17-12-21)37-26-8-4-1-5-19(26)13-18-27(37)33(28)24-6-2-3-7-25(24)36-32(33)40/h1-18,27-29H,(H,36,40)/t27-,28-,29+,33-/m1/s1. The van der Waals surface area contributed by atoms with E-state index in [1.54, 1.807) is 24.3 Å². The molecule has 1 saturated heterocycles. The number of fused-ring (bicyclic) bond motifs is 6. The van der Waals surface area contributed by atoms with E-state index >= 15 is 0 Å². The first-order chi connectivity index (χ1) is 19.4. The fraction of sp³-hybridized carbons (Fsp3) is 0.121. The predicted molar refractivity (Wildman–Crippen MR) is 155 cm³/mol. The van der Waals surface area contributed by atoms with Gasteiger partial charge in [0.2, 0.25) is 5.91 Å². The van der Waals surface area contributed by atoms with Crippen LogP contribution in [0, 0.1) is 11.7 Å². The van der Waals surface area contributed by atoms with Gasteiger partial charge < -0.3 is 10.2 Å². The highest BCUT2D eigenvalue weighted by molar-refractivity contribution is 9.10. The summed E-state index contributed by atoms with van der Waals surface area (Å²) in [4.78, 5) is 45.4. The fourth-order valence-corrected chi connectivity index (χ4v) is 6.96. The zero-order valence-corrected chi connectivity index (χ0v) is 22.6. The largest absolute Gasteiger partial charge is 0.352 e. The molecule has 4 aromatic carbocycles. The fourth-order valence-electron chi connectivity index (χ4n) is 6.70. The van der Waals surface area contributed by atoms with E-state index in [-0.39, 0.29) is 23.0 Å². The van der Waals surface area contributed by atoms with E-state index in [4.69, 9.17) is 0 Å². The number of para-hydroxylation sites is 2. The number of Topliss-reactive ketones (excluding diaryl/α,β-unsaturated/α-hetero) is 2. The predicted octanol–water partition coefficient (Wildman–Crippen LogP) is 6.44. The number of carbonyl (C=O) groups excluding carboxylic acids is 3. The van der Waals surface area contributed by atoms with E-state index in [1.807, 2.05) is 65.6 Å². The smallest absolute Gasteiger partial charge is 0.238 e. The average Bonchev–Trinajstić information content (AvgIpc) is 3.45. The second-order valence-electron chi connectivity index (χ2n) is 10.3. The van der Waals surface area contributed by atoms with Gasteiger partial charge in [-0.25, -0.2) is 4.39 Å². The summed E-state index contributed by atoms with van der Waals surface area (Å²) in [6.07, 6.45) is 3.89. The van der Waals surface area contributed by atoms with Crippen LogP contribution in [0.4, 0.5) is 15.8 Å². The van der Waals surface area contributed by atoms with Crippen LogP contribution in [-0.2, 0) is 10.2 Å². The van der Waals surface area contributed by atoms with Crippen LogP contribution >= 0.6 is 15.9 Å². The second-order valence-corrected chi connectivity index (χ2v) is 11.2. The molecular formula is C33H22BrFN2O3. The number of anilines is 2. The maximum atomic E-state index is 14.7. The molecule has 40 heavy (non-hydrogen) atoms. The summed E-state index contributed by atoms with van der Waals surface area (Å²) in [6.45, 7) is 0. The maximum Gasteiger partial charge on any atom is 0.238 e. The van der Waals surface area contributed by atoms with Gasteiger partial charge in [0.1, 0.15) is 17.3 Å². The van der Waals surface area contributed by atoms with Gasteiger partial charge in [0.25, 0.3) is 0 Å². The van der Waals surface area contributed by atoms with Crippen LogP contribution in [0.25, 0.3) is 6.08 Å². The number of carbonyl (C=O) groups is 3. The summed E-state index contributed by atoms with van der Waals surface area (Å²) < 4.78 is 14.7. The lowest BCUT2D eigenvalue weighted by Crippen LogP contribution is -2.51. The lowest BCUT2D eigenvalue weighted by molar-refractivity contribution is -0.121. The Morgan fingerprint density at radius 3 is 2.25 bits per heavy atom. The minimum absolute atomic E-state index is 0.273. The monoisotopic (exact) mass is 592 g/mol. The van der Waals surface area contributed by atoms with Gasteiger partial charge in [-0.3, -0.25) is 14.4 Å². The molecule has 3 aliphatic heterocycles. The number of amides is 1. The first-order valence-corrected chi connectivity index (χ1v) is 13.8. The SMILES string of the molecule is O=C(c1ccc(F)cc1)[C@@H]1[C@H](C(=O)c2ccc(Br)cc2)[C@]2(C(=O)Nc3ccccc32)[C@H]2C=Cc3ccccc3N12. The molecule has 0 bridgehead atoms. The van der Waals surface area contributed by atoms with Crippen LogP contribution in [0.15, 0.2) is 108 Å². The van der Waals surface area contributed by atoms with Crippen LogP contribution in [0.5, 0.6) is 0 Å². The highest BCUT2D eigenvalue weighted by atomic mass is 79.9. The number of nitrogens with one attached hydrogen (secondary N) is 1. The molecule has 1 fully saturated rings. The van der Waals surface area contributed by atoms with Gasteiger partial charge in [-0.1, -0.05) is 76.6 Å². The Balaban J connectivity index is 1.53. The highest BCUT2D eigenvalue weighted by Crippen LogP contribution is 2.58. The Bertz CT molecular complexity index is 1730. The number of benzene rings is 4. The van der Waals surface area contributed by atoms with Gasteiger partial charge in [-0.15, -0.1) is 0 Å². The molecule has 3 heterocycles. The third-order valence-electron chi connectivity index (χ3n) is 8.35. The molecule has 196 valence electrons. The summed E-state index contributed by atoms with van der Waals surface area (Å²) in [5, 5.41) is 3.02. The molecule has 4 atom stereocenters. The molecule has 0 unspecified atom stereocenters. The summed E-state index contributed by atoms with van der Waals surface area (Å²) in [5.41, 5.74) is 2.25. The average molecular weight is 593 g/mol. The number of halogens is 2. The van der Waals surface area contributed by atoms with Crippen molar-refractivity contribution in [3.63, 3.8) is 0 Å². The maximum absolute atomic E-state index is 14.7. The van der Waals surface area contributed by atoms with Crippen molar-refractivity contribution in [1.82, 2.24) is 0 Å². The molecule has 3 aliphatic rings. The van der Waals surface area contributed by atoms with Crippen molar-refractivity contribution in [3.8, 4) is 0 Å². The number of rotatable bonds is 4. The summed E-state index contributed by atoms with van der Waals surface area (Å²) in [5.74, 6) is -2.51. The van der Waals surface area contributed by atoms with Gasteiger partial charge >= 0.3 is 0 Å². The molecule has 4 aromatic rings. The van der Waals surface area contributed by atoms with Crippen LogP contribution in [0.3, 0.4) is 0 Å². The van der Waals surface area contributed by atoms with Crippen LogP contribution < -0.4 is 10.2 Å². The summed E-state index contributed by atoms with van der Waals surface area (Å²) >= 11 is 3.43. The highest BCUT2D eigenvalue weighted by Gasteiger charge is 2.70. The first kappa shape index (κ1) is 24.7. The molecule has 7 heteroatoms. The Morgan fingerprint density at radius 2 is 1.48 bits per heavy atom. The van der Waals surface area contributed by atoms with Crippen LogP contribution in [-0.4, -0.2) is 29.6 Å². The molecule has 1 N–H and O–H groups in total. The number of ketones is 2. The van der Waals surface area contributed by atoms with Gasteiger partial charge in [0, 0.05) is 27.0 Å². The van der Waals surface area contributed by atoms with Gasteiger partial charge in [0.05, 0.1) is 12.0 Å². The van der Waals surface area contributed by atoms with E-state index in [0.717, 1.165) is 15.7 Å². The molecule has 1 spiro atoms. The van der Waals surface area contributed by atoms with Crippen molar-refractivity contribution < 1.29 is 18.8 Å². The van der Waals surface area contributed by atoms with Crippen LogP contribution in [0.2, 0.25) is 0 Å². The molecule has 0 radical (unpaired) electrons. The first-order valence-electron chi connectivity index (χ1n) is 13.0. The Kier molecular flexibility index (Phi) is 5.61. The molecular weight excluding hydrogens is 571 g/mol. The molecule has 7 rings (SSSR count). The van der Waals surface area contributed by atoms with Crippen molar-refractivity contribution in [2.75, 3.05) is 10.2 Å². The minimum Gasteiger partial charge on any atom is -0.352 e. The number of nitrogens with zero attached hydrogens (tertiary/aromatic N) is 1. The van der Waals surface area contributed by atoms with E-state index in [9.17, 15) is 18.8 Å². The van der Waals surface area contributed by atoms with E-state index in [0.29, 0.717) is 16.8 Å². The zero-order chi connectivity index (χ0) is 27.6. The van der Waals surface area contributed by atoms with Crippen molar-refractivity contribution >= 4 is 50.9 Å². The van der Waals surface area contributed by atoms with Crippen molar-refractivity contribution in [3.05, 3.63) is 136 Å². The summed E-state index contributed by atoms with van der Waals surface area (Å²) in [6, 6.07) is 25.7.